The Morgan fingerprint density at radius 3 is 2.43 bits per heavy atom. The highest BCUT2D eigenvalue weighted by Crippen LogP contribution is 2.46. The van der Waals surface area contributed by atoms with E-state index in [0.29, 0.717) is 23.1 Å². The van der Waals surface area contributed by atoms with E-state index in [-0.39, 0.29) is 27.4 Å². The number of hydrogen-bond acceptors (Lipinski definition) is 2. The molecule has 2 aromatic carbocycles. The molecule has 2 nitrogen and oxygen atoms in total. The summed E-state index contributed by atoms with van der Waals surface area (Å²) in [5.41, 5.74) is 0.860. The summed E-state index contributed by atoms with van der Waals surface area (Å²) in [6.45, 7) is 1.78. The van der Waals surface area contributed by atoms with Gasteiger partial charge in [0.05, 0.1) is 10.4 Å². The Kier molecular flexibility index (Phi) is 3.23. The Morgan fingerprint density at radius 1 is 1.19 bits per heavy atom. The monoisotopic (exact) mass is 324 g/mol. The number of benzene rings is 2. The molecule has 1 aliphatic rings. The fourth-order valence-electron chi connectivity index (χ4n) is 2.84. The molecule has 5 heteroatoms. The van der Waals surface area contributed by atoms with Gasteiger partial charge in [-0.05, 0) is 42.7 Å². The summed E-state index contributed by atoms with van der Waals surface area (Å²) < 4.78 is 13.1. The lowest BCUT2D eigenvalue weighted by atomic mass is 9.79. The molecule has 0 aliphatic heterocycles. The van der Waals surface area contributed by atoms with Gasteiger partial charge in [-0.2, -0.15) is 0 Å². The Bertz CT molecular complexity index is 756. The highest BCUT2D eigenvalue weighted by Gasteiger charge is 2.45. The molecule has 1 atom stereocenters. The molecule has 0 saturated heterocycles. The number of carbonyl (C=O) groups is 1. The predicted octanol–water partition coefficient (Wildman–Crippen LogP) is 4.53. The van der Waals surface area contributed by atoms with E-state index in [1.54, 1.807) is 19.1 Å². The smallest absolute Gasteiger partial charge is 0.175 e. The van der Waals surface area contributed by atoms with Crippen molar-refractivity contribution < 1.29 is 14.3 Å². The van der Waals surface area contributed by atoms with Gasteiger partial charge in [0.2, 0.25) is 0 Å². The molecule has 0 fully saturated rings. The van der Waals surface area contributed by atoms with Crippen LogP contribution in [0.25, 0.3) is 0 Å². The van der Waals surface area contributed by atoms with Crippen molar-refractivity contribution >= 4 is 29.0 Å². The zero-order valence-electron chi connectivity index (χ0n) is 11.1. The van der Waals surface area contributed by atoms with Crippen molar-refractivity contribution in [3.63, 3.8) is 0 Å². The fraction of sp³-hybridized carbons (Fsp3) is 0.188. The first kappa shape index (κ1) is 14.4. The molecule has 1 N–H and O–H groups in total. The minimum atomic E-state index is -0.837. The summed E-state index contributed by atoms with van der Waals surface area (Å²) in [5, 5.41) is 9.80. The van der Waals surface area contributed by atoms with E-state index >= 15 is 0 Å². The van der Waals surface area contributed by atoms with Crippen molar-refractivity contribution in [2.45, 2.75) is 18.8 Å². The SMILES string of the molecule is C[C@@]1(c2ccc(F)cc2)Cc2cc(O)c(Cl)c(Cl)c2C1=O. The van der Waals surface area contributed by atoms with Crippen molar-refractivity contribution in [3.05, 3.63) is 62.9 Å². The highest BCUT2D eigenvalue weighted by atomic mass is 35.5. The van der Waals surface area contributed by atoms with Crippen LogP contribution in [0.3, 0.4) is 0 Å². The molecule has 0 saturated carbocycles. The first-order valence-electron chi connectivity index (χ1n) is 6.35. The Labute approximate surface area is 131 Å². The normalized spacial score (nSPS) is 20.7. The molecule has 108 valence electrons. The second-order valence-electron chi connectivity index (χ2n) is 5.40. The lowest BCUT2D eigenvalue weighted by molar-refractivity contribution is 0.0915. The number of carbonyl (C=O) groups excluding carboxylic acids is 1. The van der Waals surface area contributed by atoms with Crippen LogP contribution in [-0.4, -0.2) is 10.9 Å². The summed E-state index contributed by atoms with van der Waals surface area (Å²) in [5.74, 6) is -0.670. The maximum atomic E-state index is 13.1. The van der Waals surface area contributed by atoms with Crippen molar-refractivity contribution in [3.8, 4) is 5.75 Å². The number of ketones is 1. The van der Waals surface area contributed by atoms with E-state index in [1.165, 1.54) is 18.2 Å². The van der Waals surface area contributed by atoms with E-state index in [2.05, 4.69) is 0 Å². The van der Waals surface area contributed by atoms with Crippen molar-refractivity contribution in [2.24, 2.45) is 0 Å². The summed E-state index contributed by atoms with van der Waals surface area (Å²) in [7, 11) is 0. The van der Waals surface area contributed by atoms with E-state index in [4.69, 9.17) is 23.2 Å². The Balaban J connectivity index is 2.16. The van der Waals surface area contributed by atoms with Gasteiger partial charge in [0.15, 0.2) is 5.78 Å². The van der Waals surface area contributed by atoms with E-state index in [1.807, 2.05) is 0 Å². The molecule has 0 aromatic heterocycles. The number of rotatable bonds is 1. The topological polar surface area (TPSA) is 37.3 Å². The number of aromatic hydroxyl groups is 1. The first-order chi connectivity index (χ1) is 9.84. The third-order valence-corrected chi connectivity index (χ3v) is 4.88. The zero-order valence-corrected chi connectivity index (χ0v) is 12.6. The third-order valence-electron chi connectivity index (χ3n) is 4.02. The van der Waals surface area contributed by atoms with Gasteiger partial charge in [0.25, 0.3) is 0 Å². The largest absolute Gasteiger partial charge is 0.506 e. The molecule has 0 bridgehead atoms. The molecular weight excluding hydrogens is 314 g/mol. The average molecular weight is 325 g/mol. The predicted molar refractivity (Wildman–Crippen MR) is 79.9 cm³/mol. The maximum Gasteiger partial charge on any atom is 0.175 e. The number of fused-ring (bicyclic) bond motifs is 1. The van der Waals surface area contributed by atoms with Crippen LogP contribution in [0.1, 0.15) is 28.4 Å². The minimum Gasteiger partial charge on any atom is -0.506 e. The minimum absolute atomic E-state index is 0.0212. The van der Waals surface area contributed by atoms with Crippen LogP contribution in [0.2, 0.25) is 10.0 Å². The molecule has 3 rings (SSSR count). The average Bonchev–Trinajstić information content (AvgIpc) is 2.70. The third kappa shape index (κ3) is 2.03. The standard InChI is InChI=1S/C16H11Cl2FO2/c1-16(9-2-4-10(19)5-3-9)7-8-6-11(20)13(17)14(18)12(8)15(16)21/h2-6,20H,7H2,1H3/t16-/m0/s1. The van der Waals surface area contributed by atoms with Gasteiger partial charge in [-0.3, -0.25) is 4.79 Å². The van der Waals surface area contributed by atoms with Crippen LogP contribution < -0.4 is 0 Å². The quantitative estimate of drug-likeness (QED) is 0.836. The van der Waals surface area contributed by atoms with Gasteiger partial charge < -0.3 is 5.11 Å². The molecule has 0 unspecified atom stereocenters. The number of phenolic OH excluding ortho intramolecular Hbond substituents is 1. The van der Waals surface area contributed by atoms with E-state index in [9.17, 15) is 14.3 Å². The number of hydrogen-bond donors (Lipinski definition) is 1. The Morgan fingerprint density at radius 2 is 1.81 bits per heavy atom. The molecule has 1 aliphatic carbocycles. The van der Waals surface area contributed by atoms with Crippen molar-refractivity contribution in [2.75, 3.05) is 0 Å². The van der Waals surface area contributed by atoms with Gasteiger partial charge >= 0.3 is 0 Å². The lowest BCUT2D eigenvalue weighted by Gasteiger charge is -2.22. The number of phenols is 1. The molecular formula is C16H11Cl2FO2. The van der Waals surface area contributed by atoms with Gasteiger partial charge in [-0.25, -0.2) is 4.39 Å². The Hall–Kier alpha value is -1.58. The molecule has 2 aromatic rings. The van der Waals surface area contributed by atoms with Gasteiger partial charge in [0, 0.05) is 5.56 Å². The van der Waals surface area contributed by atoms with Crippen LogP contribution >= 0.6 is 23.2 Å². The lowest BCUT2D eigenvalue weighted by Crippen LogP contribution is -2.29. The van der Waals surface area contributed by atoms with E-state index < -0.39 is 5.41 Å². The number of Topliss-reactive ketones (excluding diaryl/α,β-unsaturated/α-hetero) is 1. The molecule has 0 spiro atoms. The zero-order chi connectivity index (χ0) is 15.4. The van der Waals surface area contributed by atoms with Crippen LogP contribution in [0.5, 0.6) is 5.75 Å². The van der Waals surface area contributed by atoms with Gasteiger partial charge in [-0.15, -0.1) is 0 Å². The fourth-order valence-corrected chi connectivity index (χ4v) is 3.29. The second kappa shape index (κ2) is 4.72. The maximum absolute atomic E-state index is 13.1. The van der Waals surface area contributed by atoms with Crippen LogP contribution in [-0.2, 0) is 11.8 Å². The second-order valence-corrected chi connectivity index (χ2v) is 6.16. The first-order valence-corrected chi connectivity index (χ1v) is 7.11. The van der Waals surface area contributed by atoms with Crippen molar-refractivity contribution in [1.82, 2.24) is 0 Å². The molecule has 21 heavy (non-hydrogen) atoms. The van der Waals surface area contributed by atoms with Crippen LogP contribution in [0.15, 0.2) is 30.3 Å². The van der Waals surface area contributed by atoms with Crippen LogP contribution in [0.4, 0.5) is 4.39 Å². The molecule has 0 radical (unpaired) electrons. The van der Waals surface area contributed by atoms with Crippen molar-refractivity contribution in [1.29, 1.82) is 0 Å². The molecule has 0 amide bonds. The van der Waals surface area contributed by atoms with E-state index in [0.717, 1.165) is 0 Å². The summed E-state index contributed by atoms with van der Waals surface area (Å²) >= 11 is 12.0. The highest BCUT2D eigenvalue weighted by molar-refractivity contribution is 6.45. The molecule has 0 heterocycles. The summed E-state index contributed by atoms with van der Waals surface area (Å²) in [4.78, 5) is 12.8. The van der Waals surface area contributed by atoms with Gasteiger partial charge in [0.1, 0.15) is 16.6 Å². The van der Waals surface area contributed by atoms with Crippen LogP contribution in [0, 0.1) is 5.82 Å². The summed E-state index contributed by atoms with van der Waals surface area (Å²) in [6.07, 6.45) is 0.386. The number of halogens is 3. The summed E-state index contributed by atoms with van der Waals surface area (Å²) in [6, 6.07) is 7.30. The van der Waals surface area contributed by atoms with Gasteiger partial charge in [-0.1, -0.05) is 35.3 Å².